The molecule has 156 valence electrons. The van der Waals surface area contributed by atoms with Gasteiger partial charge >= 0.3 is 11.9 Å². The molecule has 7 heteroatoms. The fourth-order valence-corrected chi connectivity index (χ4v) is 2.98. The number of carbonyl (C=O) groups is 2. The largest absolute Gasteiger partial charge is 0.490 e. The number of benzene rings is 2. The van der Waals surface area contributed by atoms with Crippen molar-refractivity contribution in [2.45, 2.75) is 13.8 Å². The zero-order valence-electron chi connectivity index (χ0n) is 17.0. The first kappa shape index (κ1) is 20.2. The van der Waals surface area contributed by atoms with Crippen LogP contribution >= 0.6 is 0 Å². The highest BCUT2D eigenvalue weighted by molar-refractivity contribution is 6.12. The van der Waals surface area contributed by atoms with Gasteiger partial charge in [0.15, 0.2) is 17.2 Å². The fraction of sp³-hybridized carbons (Fsp3) is 0.125. The zero-order chi connectivity index (χ0) is 21.8. The molecule has 0 saturated carbocycles. The third-order valence-electron chi connectivity index (χ3n) is 4.38. The summed E-state index contributed by atoms with van der Waals surface area (Å²) in [6.45, 7) is 4.13. The Morgan fingerprint density at radius 3 is 2.71 bits per heavy atom. The van der Waals surface area contributed by atoms with Crippen LogP contribution in [-0.4, -0.2) is 24.4 Å². The van der Waals surface area contributed by atoms with Crippen molar-refractivity contribution >= 4 is 23.9 Å². The Morgan fingerprint density at radius 1 is 1.10 bits per heavy atom. The molecular formula is C24H19NO6. The molecule has 0 spiro atoms. The van der Waals surface area contributed by atoms with Crippen LogP contribution < -0.4 is 9.47 Å². The minimum absolute atomic E-state index is 0.0837. The Bertz CT molecular complexity index is 1190. The van der Waals surface area contributed by atoms with E-state index in [4.69, 9.17) is 18.6 Å². The topological polar surface area (TPSA) is 87.3 Å². The van der Waals surface area contributed by atoms with Gasteiger partial charge in [0.25, 0.3) is 0 Å². The number of aliphatic imine (C=N–C) groups is 1. The van der Waals surface area contributed by atoms with E-state index in [0.717, 1.165) is 11.1 Å². The Kier molecular flexibility index (Phi) is 5.66. The van der Waals surface area contributed by atoms with Crippen LogP contribution in [0.1, 0.15) is 34.2 Å². The number of rotatable bonds is 6. The lowest BCUT2D eigenvalue weighted by atomic mass is 10.1. The molecule has 31 heavy (non-hydrogen) atoms. The lowest BCUT2D eigenvalue weighted by Gasteiger charge is -2.10. The molecule has 4 rings (SSSR count). The number of cyclic esters (lactones) is 1. The van der Waals surface area contributed by atoms with Crippen molar-refractivity contribution < 1.29 is 28.2 Å². The van der Waals surface area contributed by atoms with E-state index in [1.807, 2.05) is 38.1 Å². The van der Waals surface area contributed by atoms with E-state index in [9.17, 15) is 9.59 Å². The first-order chi connectivity index (χ1) is 15.0. The highest BCUT2D eigenvalue weighted by Crippen LogP contribution is 2.31. The quantitative estimate of drug-likeness (QED) is 0.332. The first-order valence-electron chi connectivity index (χ1n) is 9.65. The van der Waals surface area contributed by atoms with E-state index < -0.39 is 11.9 Å². The number of aryl methyl sites for hydroxylation is 1. The second-order valence-corrected chi connectivity index (χ2v) is 6.71. The predicted molar refractivity (Wildman–Crippen MR) is 113 cm³/mol. The van der Waals surface area contributed by atoms with Crippen molar-refractivity contribution in [3.05, 3.63) is 89.0 Å². The molecule has 2 aromatic carbocycles. The lowest BCUT2D eigenvalue weighted by molar-refractivity contribution is -0.129. The van der Waals surface area contributed by atoms with Gasteiger partial charge in [-0.15, -0.1) is 0 Å². The van der Waals surface area contributed by atoms with Crippen LogP contribution in [-0.2, 0) is 9.53 Å². The second kappa shape index (κ2) is 8.71. The third-order valence-corrected chi connectivity index (χ3v) is 4.38. The molecule has 0 bridgehead atoms. The number of ether oxygens (including phenoxy) is 3. The van der Waals surface area contributed by atoms with Crippen LogP contribution in [0, 0.1) is 6.92 Å². The molecule has 0 fully saturated rings. The van der Waals surface area contributed by atoms with E-state index in [2.05, 4.69) is 4.99 Å². The normalized spacial score (nSPS) is 14.3. The van der Waals surface area contributed by atoms with Crippen molar-refractivity contribution in [1.29, 1.82) is 0 Å². The van der Waals surface area contributed by atoms with E-state index in [-0.39, 0.29) is 23.1 Å². The standard InChI is InChI=1S/C24H19NO6/c1-3-28-21-14-16(9-10-19(21)30-24(27)20-8-5-11-29-20)13-18-23(26)31-22(25-18)17-7-4-6-15(2)12-17/h4-14H,3H2,1-2H3/b18-13-. The van der Waals surface area contributed by atoms with E-state index in [0.29, 0.717) is 17.9 Å². The molecule has 2 heterocycles. The summed E-state index contributed by atoms with van der Waals surface area (Å²) in [6.07, 6.45) is 2.98. The summed E-state index contributed by atoms with van der Waals surface area (Å²) in [5, 5.41) is 0. The lowest BCUT2D eigenvalue weighted by Crippen LogP contribution is -2.08. The van der Waals surface area contributed by atoms with Gasteiger partial charge in [-0.1, -0.05) is 23.8 Å². The molecule has 0 radical (unpaired) electrons. The third kappa shape index (κ3) is 4.56. The number of nitrogens with zero attached hydrogens (tertiary/aromatic N) is 1. The van der Waals surface area contributed by atoms with E-state index >= 15 is 0 Å². The molecule has 0 atom stereocenters. The average molecular weight is 417 g/mol. The molecule has 0 saturated heterocycles. The molecular weight excluding hydrogens is 398 g/mol. The van der Waals surface area contributed by atoms with E-state index in [1.165, 1.54) is 12.3 Å². The first-order valence-corrected chi connectivity index (χ1v) is 9.65. The monoisotopic (exact) mass is 417 g/mol. The van der Waals surface area contributed by atoms with Gasteiger partial charge in [0.05, 0.1) is 12.9 Å². The van der Waals surface area contributed by atoms with Crippen LogP contribution in [0.2, 0.25) is 0 Å². The number of hydrogen-bond donors (Lipinski definition) is 0. The highest BCUT2D eigenvalue weighted by Gasteiger charge is 2.24. The van der Waals surface area contributed by atoms with Crippen LogP contribution in [0.25, 0.3) is 6.08 Å². The van der Waals surface area contributed by atoms with Gasteiger partial charge in [-0.05, 0) is 61.9 Å². The maximum atomic E-state index is 12.3. The summed E-state index contributed by atoms with van der Waals surface area (Å²) in [6, 6.07) is 15.6. The number of hydrogen-bond acceptors (Lipinski definition) is 7. The van der Waals surface area contributed by atoms with Crippen molar-refractivity contribution in [3.63, 3.8) is 0 Å². The van der Waals surface area contributed by atoms with Gasteiger partial charge in [0.2, 0.25) is 11.7 Å². The molecule has 1 aromatic heterocycles. The summed E-state index contributed by atoms with van der Waals surface area (Å²) in [7, 11) is 0. The van der Waals surface area contributed by atoms with Gasteiger partial charge < -0.3 is 18.6 Å². The van der Waals surface area contributed by atoms with Crippen LogP contribution in [0.4, 0.5) is 0 Å². The second-order valence-electron chi connectivity index (χ2n) is 6.71. The summed E-state index contributed by atoms with van der Waals surface area (Å²) >= 11 is 0. The molecule has 7 nitrogen and oxygen atoms in total. The summed E-state index contributed by atoms with van der Waals surface area (Å²) < 4.78 is 21.3. The zero-order valence-corrected chi connectivity index (χ0v) is 17.0. The SMILES string of the molecule is CCOc1cc(/C=C2\N=C(c3cccc(C)c3)OC2=O)ccc1OC(=O)c1ccco1. The number of esters is 2. The molecule has 1 aliphatic heterocycles. The summed E-state index contributed by atoms with van der Waals surface area (Å²) in [5.41, 5.74) is 2.57. The van der Waals surface area contributed by atoms with Crippen LogP contribution in [0.3, 0.4) is 0 Å². The summed E-state index contributed by atoms with van der Waals surface area (Å²) in [4.78, 5) is 28.8. The minimum Gasteiger partial charge on any atom is -0.490 e. The fourth-order valence-electron chi connectivity index (χ4n) is 2.98. The summed E-state index contributed by atoms with van der Waals surface area (Å²) in [5.74, 6) is -0.240. The number of carbonyl (C=O) groups excluding carboxylic acids is 2. The average Bonchev–Trinajstić information content (AvgIpc) is 3.41. The number of furan rings is 1. The molecule has 0 aliphatic carbocycles. The van der Waals surface area contributed by atoms with E-state index in [1.54, 1.807) is 30.3 Å². The van der Waals surface area contributed by atoms with Crippen molar-refractivity contribution in [2.75, 3.05) is 6.61 Å². The van der Waals surface area contributed by atoms with Crippen molar-refractivity contribution in [3.8, 4) is 11.5 Å². The minimum atomic E-state index is -0.635. The highest BCUT2D eigenvalue weighted by atomic mass is 16.6. The molecule has 0 unspecified atom stereocenters. The van der Waals surface area contributed by atoms with Gasteiger partial charge in [-0.3, -0.25) is 0 Å². The Balaban J connectivity index is 1.60. The predicted octanol–water partition coefficient (Wildman–Crippen LogP) is 4.55. The molecule has 3 aromatic rings. The maximum Gasteiger partial charge on any atom is 0.379 e. The molecule has 0 amide bonds. The Labute approximate surface area is 178 Å². The molecule has 0 N–H and O–H groups in total. The van der Waals surface area contributed by atoms with Gasteiger partial charge in [-0.25, -0.2) is 14.6 Å². The van der Waals surface area contributed by atoms with Gasteiger partial charge in [-0.2, -0.15) is 0 Å². The smallest absolute Gasteiger partial charge is 0.379 e. The van der Waals surface area contributed by atoms with Gasteiger partial charge in [0.1, 0.15) is 0 Å². The van der Waals surface area contributed by atoms with Crippen LogP contribution in [0.15, 0.2) is 76.0 Å². The molecule has 1 aliphatic rings. The van der Waals surface area contributed by atoms with Crippen molar-refractivity contribution in [1.82, 2.24) is 0 Å². The maximum absolute atomic E-state index is 12.3. The van der Waals surface area contributed by atoms with Gasteiger partial charge in [0, 0.05) is 5.56 Å². The Hall–Kier alpha value is -4.13. The Morgan fingerprint density at radius 2 is 1.97 bits per heavy atom. The van der Waals surface area contributed by atoms with Crippen LogP contribution in [0.5, 0.6) is 11.5 Å². The van der Waals surface area contributed by atoms with Crippen molar-refractivity contribution in [2.24, 2.45) is 4.99 Å².